The number of hydrogen-bond acceptors (Lipinski definition) is 11. The largest absolute Gasteiger partial charge is 0.467 e. The lowest BCUT2D eigenvalue weighted by Gasteiger charge is -2.36. The molecule has 3 heterocycles. The van der Waals surface area contributed by atoms with E-state index in [-0.39, 0.29) is 22.5 Å². The predicted molar refractivity (Wildman–Crippen MR) is 184 cm³/mol. The fourth-order valence-electron chi connectivity index (χ4n) is 6.39. The van der Waals surface area contributed by atoms with Gasteiger partial charge in [0.2, 0.25) is 11.8 Å². The molecule has 2 fully saturated rings. The quantitative estimate of drug-likeness (QED) is 0.250. The number of carbonyl (C=O) groups excluding carboxylic acids is 4. The first-order valence-corrected chi connectivity index (χ1v) is 17.8. The van der Waals surface area contributed by atoms with Gasteiger partial charge in [0.05, 0.1) is 24.6 Å². The number of nitrogens with one attached hydrogen (secondary N) is 3. The van der Waals surface area contributed by atoms with E-state index in [0.29, 0.717) is 50.5 Å². The van der Waals surface area contributed by atoms with Crippen LogP contribution in [0.5, 0.6) is 6.01 Å². The molecule has 0 spiro atoms. The van der Waals surface area contributed by atoms with Crippen LogP contribution in [0.25, 0.3) is 0 Å². The van der Waals surface area contributed by atoms with E-state index in [0.717, 1.165) is 42.8 Å². The van der Waals surface area contributed by atoms with Crippen LogP contribution in [0.1, 0.15) is 66.2 Å². The molecule has 2 aliphatic rings. The number of rotatable bonds is 12. The van der Waals surface area contributed by atoms with Gasteiger partial charge in [0, 0.05) is 44.5 Å². The number of aromatic nitrogens is 4. The normalized spacial score (nSPS) is 19.9. The molecule has 52 heavy (non-hydrogen) atoms. The molecule has 0 unspecified atom stereocenters. The van der Waals surface area contributed by atoms with Gasteiger partial charge in [0.1, 0.15) is 22.8 Å². The Morgan fingerprint density at radius 1 is 1.00 bits per heavy atom. The van der Waals surface area contributed by atoms with Gasteiger partial charge in [-0.3, -0.25) is 19.2 Å². The molecule has 3 N–H and O–H groups in total. The lowest BCUT2D eigenvalue weighted by atomic mass is 9.79. The first kappa shape index (κ1) is 38.5. The highest BCUT2D eigenvalue weighted by atomic mass is 32.1. The molecule has 280 valence electrons. The minimum absolute atomic E-state index is 0.161. The van der Waals surface area contributed by atoms with Crippen LogP contribution in [0.15, 0.2) is 36.8 Å². The van der Waals surface area contributed by atoms with Crippen molar-refractivity contribution >= 4 is 40.8 Å². The van der Waals surface area contributed by atoms with Crippen molar-refractivity contribution in [2.75, 3.05) is 45.7 Å². The fraction of sp³-hybridized carbons (Fsp3) is 0.529. The molecule has 3 atom stereocenters. The Bertz CT molecular complexity index is 1720. The number of hydrogen-bond donors (Lipinski definition) is 3. The first-order valence-electron chi connectivity index (χ1n) is 17.0. The van der Waals surface area contributed by atoms with Gasteiger partial charge in [-0.05, 0) is 61.0 Å². The number of alkyl halides is 2. The van der Waals surface area contributed by atoms with Gasteiger partial charge in [-0.25, -0.2) is 14.4 Å². The monoisotopic (exact) mass is 745 g/mol. The van der Waals surface area contributed by atoms with E-state index in [4.69, 9.17) is 4.74 Å². The third kappa shape index (κ3) is 9.01. The van der Waals surface area contributed by atoms with Crippen molar-refractivity contribution < 1.29 is 37.1 Å². The lowest BCUT2D eigenvalue weighted by Crippen LogP contribution is -2.55. The minimum atomic E-state index is -4.08. The standard InChI is InChI=1S/C34H42F3N9O5S/c1-19-5-7-21(8-6-19)28(43-32(50)34(36,37)23-16-38-33(51-4)39-17-23)30(48)41-25-10-9-22(15-24(25)35)20(2)27(42-29(47)26-18-40-44-52-26)31(49)46-13-11-45(3)12-14-46/h9-10,15-21,27-28H,5-8,11-14H2,1-4H3,(H,41,48)(H,42,47)(H,43,50)/t19?,20-,21?,27+,28-/m0/s1. The van der Waals surface area contributed by atoms with E-state index in [9.17, 15) is 19.2 Å². The number of benzene rings is 1. The van der Waals surface area contributed by atoms with E-state index < -0.39 is 58.9 Å². The van der Waals surface area contributed by atoms with Gasteiger partial charge >= 0.3 is 11.9 Å². The summed E-state index contributed by atoms with van der Waals surface area (Å²) in [5.41, 5.74) is -0.679. The third-order valence-electron chi connectivity index (χ3n) is 9.79. The average molecular weight is 746 g/mol. The van der Waals surface area contributed by atoms with Crippen LogP contribution in [0.4, 0.5) is 18.9 Å². The van der Waals surface area contributed by atoms with Gasteiger partial charge in [0.15, 0.2) is 0 Å². The molecule has 14 nitrogen and oxygen atoms in total. The summed E-state index contributed by atoms with van der Waals surface area (Å²) >= 11 is 0.873. The predicted octanol–water partition coefficient (Wildman–Crippen LogP) is 3.19. The molecule has 1 saturated carbocycles. The Labute approximate surface area is 303 Å². The van der Waals surface area contributed by atoms with Crippen molar-refractivity contribution in [1.82, 2.24) is 40.0 Å². The van der Waals surface area contributed by atoms with Gasteiger partial charge < -0.3 is 30.5 Å². The van der Waals surface area contributed by atoms with Crippen LogP contribution in [-0.4, -0.2) is 105 Å². The maximum Gasteiger partial charge on any atom is 0.352 e. The van der Waals surface area contributed by atoms with Crippen LogP contribution < -0.4 is 20.7 Å². The SMILES string of the molecule is COc1ncc(C(F)(F)C(=O)N[C@H](C(=O)Nc2ccc([C@H](C)[C@@H](NC(=O)c3cnns3)C(=O)N3CCN(C)CC3)cc2F)C2CCC(C)CC2)cn1. The summed E-state index contributed by atoms with van der Waals surface area (Å²) in [7, 11) is 3.21. The van der Waals surface area contributed by atoms with Crippen LogP contribution in [-0.2, 0) is 20.3 Å². The Kier molecular flexibility index (Phi) is 12.4. The molecule has 1 saturated heterocycles. The summed E-state index contributed by atoms with van der Waals surface area (Å²) in [4.78, 5) is 64.7. The molecule has 0 bridgehead atoms. The number of likely N-dealkylation sites (N-methyl/N-ethyl adjacent to an activating group) is 1. The molecule has 18 heteroatoms. The number of nitrogens with zero attached hydrogens (tertiary/aromatic N) is 6. The zero-order chi connectivity index (χ0) is 37.6. The second kappa shape index (κ2) is 16.8. The molecule has 0 radical (unpaired) electrons. The second-order valence-electron chi connectivity index (χ2n) is 13.4. The van der Waals surface area contributed by atoms with Crippen molar-refractivity contribution in [2.45, 2.75) is 63.5 Å². The van der Waals surface area contributed by atoms with E-state index in [1.54, 1.807) is 11.8 Å². The van der Waals surface area contributed by atoms with E-state index >= 15 is 13.2 Å². The van der Waals surface area contributed by atoms with E-state index in [1.165, 1.54) is 25.4 Å². The Morgan fingerprint density at radius 3 is 2.27 bits per heavy atom. The van der Waals surface area contributed by atoms with Crippen molar-refractivity contribution in [3.05, 3.63) is 58.6 Å². The fourth-order valence-corrected chi connectivity index (χ4v) is 6.80. The minimum Gasteiger partial charge on any atom is -0.467 e. The summed E-state index contributed by atoms with van der Waals surface area (Å²) in [5.74, 6) is -9.24. The zero-order valence-corrected chi connectivity index (χ0v) is 30.1. The number of carbonyl (C=O) groups is 4. The van der Waals surface area contributed by atoms with Crippen LogP contribution in [0.3, 0.4) is 0 Å². The summed E-state index contributed by atoms with van der Waals surface area (Å²) in [6.45, 7) is 5.93. The van der Waals surface area contributed by atoms with Gasteiger partial charge in [0.25, 0.3) is 11.8 Å². The highest BCUT2D eigenvalue weighted by Gasteiger charge is 2.45. The Hall–Kier alpha value is -4.71. The summed E-state index contributed by atoms with van der Waals surface area (Å²) < 4.78 is 54.8. The first-order chi connectivity index (χ1) is 24.8. The molecule has 3 aromatic rings. The van der Waals surface area contributed by atoms with Gasteiger partial charge in [-0.2, -0.15) is 8.78 Å². The maximum atomic E-state index is 15.8. The van der Waals surface area contributed by atoms with Gasteiger partial charge in [-0.1, -0.05) is 37.2 Å². The maximum absolute atomic E-state index is 15.8. The number of methoxy groups -OCH3 is 1. The number of ether oxygens (including phenoxy) is 1. The highest BCUT2D eigenvalue weighted by Crippen LogP contribution is 2.34. The number of anilines is 1. The van der Waals surface area contributed by atoms with Crippen LogP contribution >= 0.6 is 11.5 Å². The van der Waals surface area contributed by atoms with Crippen molar-refractivity contribution in [1.29, 1.82) is 0 Å². The lowest BCUT2D eigenvalue weighted by molar-refractivity contribution is -0.149. The highest BCUT2D eigenvalue weighted by molar-refractivity contribution is 7.07. The van der Waals surface area contributed by atoms with Crippen LogP contribution in [0.2, 0.25) is 0 Å². The number of piperazine rings is 1. The number of halogens is 3. The molecular weight excluding hydrogens is 703 g/mol. The molecule has 1 aliphatic heterocycles. The summed E-state index contributed by atoms with van der Waals surface area (Å²) in [5, 5.41) is 11.2. The smallest absolute Gasteiger partial charge is 0.352 e. The topological polar surface area (TPSA) is 172 Å². The second-order valence-corrected chi connectivity index (χ2v) is 14.2. The van der Waals surface area contributed by atoms with E-state index in [2.05, 4.69) is 40.4 Å². The molecule has 5 rings (SSSR count). The molecule has 2 aromatic heterocycles. The zero-order valence-electron chi connectivity index (χ0n) is 29.3. The molecule has 1 aromatic carbocycles. The van der Waals surface area contributed by atoms with Crippen molar-refractivity contribution in [3.8, 4) is 6.01 Å². The average Bonchev–Trinajstić information content (AvgIpc) is 3.69. The molecule has 4 amide bonds. The van der Waals surface area contributed by atoms with E-state index in [1.807, 2.05) is 14.0 Å². The number of amides is 4. The molecular formula is C34H42F3N9O5S. The van der Waals surface area contributed by atoms with Crippen molar-refractivity contribution in [3.63, 3.8) is 0 Å². The van der Waals surface area contributed by atoms with Gasteiger partial charge in [-0.15, -0.1) is 5.10 Å². The Balaban J connectivity index is 1.34. The summed E-state index contributed by atoms with van der Waals surface area (Å²) in [6.07, 6.45) is 5.24. The Morgan fingerprint density at radius 2 is 1.67 bits per heavy atom. The van der Waals surface area contributed by atoms with Crippen LogP contribution in [0, 0.1) is 17.7 Å². The van der Waals surface area contributed by atoms with Crippen molar-refractivity contribution in [2.24, 2.45) is 11.8 Å². The molecule has 1 aliphatic carbocycles. The third-order valence-corrected chi connectivity index (χ3v) is 10.5. The summed E-state index contributed by atoms with van der Waals surface area (Å²) in [6, 6.07) is 1.34.